The van der Waals surface area contributed by atoms with Crippen molar-refractivity contribution < 1.29 is 19.4 Å². The predicted octanol–water partition coefficient (Wildman–Crippen LogP) is 4.06. The number of ether oxygens (including phenoxy) is 2. The maximum absolute atomic E-state index is 12.6. The molecule has 0 aromatic heterocycles. The third-order valence-corrected chi connectivity index (χ3v) is 5.61. The van der Waals surface area contributed by atoms with Crippen LogP contribution in [0.25, 0.3) is 0 Å². The van der Waals surface area contributed by atoms with Crippen LogP contribution in [0.2, 0.25) is 0 Å². The average molecular weight is 361 g/mol. The molecule has 2 unspecified atom stereocenters. The quantitative estimate of drug-likeness (QED) is 0.863. The number of nitrogens with zero attached hydrogens (tertiary/aromatic N) is 1. The van der Waals surface area contributed by atoms with Gasteiger partial charge in [-0.3, -0.25) is 0 Å². The number of methoxy groups -OCH3 is 1. The third-order valence-electron chi connectivity index (χ3n) is 5.61. The first-order chi connectivity index (χ1) is 12.0. The fourth-order valence-corrected chi connectivity index (χ4v) is 4.57. The minimum Gasteiger partial charge on any atom is -0.496 e. The third kappa shape index (κ3) is 3.41. The lowest BCUT2D eigenvalue weighted by atomic mass is 9.78. The second-order valence-corrected chi connectivity index (χ2v) is 8.85. The van der Waals surface area contributed by atoms with E-state index < -0.39 is 11.2 Å². The first-order valence-electron chi connectivity index (χ1n) is 9.43. The molecular weight excluding hydrogens is 330 g/mol. The smallest absolute Gasteiger partial charge is 0.410 e. The van der Waals surface area contributed by atoms with Crippen LogP contribution in [0.1, 0.15) is 63.1 Å². The molecule has 2 aliphatic heterocycles. The van der Waals surface area contributed by atoms with Gasteiger partial charge in [-0.25, -0.2) is 4.79 Å². The summed E-state index contributed by atoms with van der Waals surface area (Å²) in [6, 6.07) is 4.08. The van der Waals surface area contributed by atoms with Crippen molar-refractivity contribution in [3.63, 3.8) is 0 Å². The first-order valence-corrected chi connectivity index (χ1v) is 9.43. The summed E-state index contributed by atoms with van der Waals surface area (Å²) < 4.78 is 11.0. The molecule has 0 aliphatic carbocycles. The van der Waals surface area contributed by atoms with E-state index in [1.807, 2.05) is 51.7 Å². The number of fused-ring (bicyclic) bond motifs is 2. The average Bonchev–Trinajstić information content (AvgIpc) is 2.80. The van der Waals surface area contributed by atoms with Crippen molar-refractivity contribution in [2.45, 2.75) is 83.6 Å². The number of piperidine rings is 1. The van der Waals surface area contributed by atoms with E-state index in [4.69, 9.17) is 9.47 Å². The molecule has 144 valence electrons. The molecule has 2 aliphatic rings. The van der Waals surface area contributed by atoms with Gasteiger partial charge < -0.3 is 19.5 Å². The van der Waals surface area contributed by atoms with E-state index in [2.05, 4.69) is 0 Å². The number of hydrogen-bond acceptors (Lipinski definition) is 4. The number of amides is 1. The Morgan fingerprint density at radius 1 is 1.15 bits per heavy atom. The van der Waals surface area contributed by atoms with Gasteiger partial charge in [0.1, 0.15) is 11.4 Å². The number of rotatable bonds is 2. The molecule has 0 spiro atoms. The Kier molecular flexibility index (Phi) is 4.72. The van der Waals surface area contributed by atoms with Gasteiger partial charge in [0.2, 0.25) is 0 Å². The highest BCUT2D eigenvalue weighted by Gasteiger charge is 2.51. The van der Waals surface area contributed by atoms with E-state index in [9.17, 15) is 9.90 Å². The van der Waals surface area contributed by atoms with Crippen LogP contribution in [-0.2, 0) is 10.3 Å². The molecule has 3 rings (SSSR count). The Labute approximate surface area is 156 Å². The van der Waals surface area contributed by atoms with Crippen molar-refractivity contribution >= 4 is 6.09 Å². The van der Waals surface area contributed by atoms with E-state index in [0.717, 1.165) is 35.3 Å². The van der Waals surface area contributed by atoms with E-state index in [1.54, 1.807) is 7.11 Å². The zero-order valence-electron chi connectivity index (χ0n) is 16.8. The Morgan fingerprint density at radius 3 is 2.23 bits per heavy atom. The number of benzene rings is 1. The lowest BCUT2D eigenvalue weighted by Gasteiger charge is -2.44. The van der Waals surface area contributed by atoms with Crippen molar-refractivity contribution in [2.24, 2.45) is 0 Å². The number of aliphatic hydroxyl groups is 1. The lowest BCUT2D eigenvalue weighted by Crippen LogP contribution is -2.53. The topological polar surface area (TPSA) is 59.0 Å². The van der Waals surface area contributed by atoms with E-state index in [1.165, 1.54) is 0 Å². The number of aryl methyl sites for hydroxylation is 2. The van der Waals surface area contributed by atoms with E-state index in [-0.39, 0.29) is 18.2 Å². The van der Waals surface area contributed by atoms with Crippen LogP contribution in [0, 0.1) is 13.8 Å². The summed E-state index contributed by atoms with van der Waals surface area (Å²) in [5, 5.41) is 11.5. The van der Waals surface area contributed by atoms with Gasteiger partial charge in [-0.2, -0.15) is 0 Å². The molecule has 5 nitrogen and oxygen atoms in total. The van der Waals surface area contributed by atoms with Crippen molar-refractivity contribution in [2.75, 3.05) is 7.11 Å². The summed E-state index contributed by atoms with van der Waals surface area (Å²) >= 11 is 0. The Hall–Kier alpha value is -1.75. The van der Waals surface area contributed by atoms with Gasteiger partial charge in [-0.05, 0) is 76.3 Å². The fourth-order valence-electron chi connectivity index (χ4n) is 4.57. The maximum Gasteiger partial charge on any atom is 0.410 e. The minimum absolute atomic E-state index is 0.0235. The van der Waals surface area contributed by atoms with Crippen LogP contribution >= 0.6 is 0 Å². The summed E-state index contributed by atoms with van der Waals surface area (Å²) in [6.45, 7) is 9.66. The molecular formula is C21H31NO4. The van der Waals surface area contributed by atoms with Gasteiger partial charge >= 0.3 is 6.09 Å². The van der Waals surface area contributed by atoms with Crippen molar-refractivity contribution in [3.05, 3.63) is 28.8 Å². The van der Waals surface area contributed by atoms with Crippen molar-refractivity contribution in [1.82, 2.24) is 4.90 Å². The monoisotopic (exact) mass is 361 g/mol. The minimum atomic E-state index is -0.911. The Morgan fingerprint density at radius 2 is 1.73 bits per heavy atom. The Bertz CT molecular complexity index is 693. The molecule has 5 heteroatoms. The summed E-state index contributed by atoms with van der Waals surface area (Å²) in [5.41, 5.74) is 1.58. The molecule has 2 saturated heterocycles. The molecule has 26 heavy (non-hydrogen) atoms. The van der Waals surface area contributed by atoms with Crippen LogP contribution in [0.4, 0.5) is 4.79 Å². The second-order valence-electron chi connectivity index (χ2n) is 8.85. The molecule has 2 fully saturated rings. The van der Waals surface area contributed by atoms with E-state index >= 15 is 0 Å². The molecule has 0 radical (unpaired) electrons. The van der Waals surface area contributed by atoms with Gasteiger partial charge in [0.05, 0.1) is 12.7 Å². The zero-order valence-corrected chi connectivity index (χ0v) is 16.8. The van der Waals surface area contributed by atoms with Crippen LogP contribution in [0.15, 0.2) is 12.1 Å². The van der Waals surface area contributed by atoms with E-state index in [0.29, 0.717) is 12.8 Å². The highest BCUT2D eigenvalue weighted by Crippen LogP contribution is 2.47. The molecule has 2 bridgehead atoms. The van der Waals surface area contributed by atoms with Crippen LogP contribution in [-0.4, -0.2) is 40.9 Å². The van der Waals surface area contributed by atoms with Gasteiger partial charge in [-0.1, -0.05) is 0 Å². The second kappa shape index (κ2) is 6.45. The maximum atomic E-state index is 12.6. The first kappa shape index (κ1) is 19.0. The molecule has 1 N–H and O–H groups in total. The standard InChI is InChI=1S/C21H31NO4/c1-13-10-18(25-6)14(2)9-17(13)21(24)11-15-7-8-16(12-21)22(15)19(23)26-20(3,4)5/h9-10,15-16,24H,7-8,11-12H2,1-6H3. The summed E-state index contributed by atoms with van der Waals surface area (Å²) in [6.07, 6.45) is 2.68. The molecule has 1 amide bonds. The van der Waals surface area contributed by atoms with Crippen molar-refractivity contribution in [3.8, 4) is 5.75 Å². The number of carbonyl (C=O) groups excluding carboxylic acids is 1. The summed E-state index contributed by atoms with van der Waals surface area (Å²) in [5.74, 6) is 0.837. The number of carbonyl (C=O) groups is 1. The normalized spacial score (nSPS) is 28.2. The SMILES string of the molecule is COc1cc(C)c(C2(O)CC3CCC(C2)N3C(=O)OC(C)(C)C)cc1C. The lowest BCUT2D eigenvalue weighted by molar-refractivity contribution is -0.0627. The molecule has 1 aromatic carbocycles. The van der Waals surface area contributed by atoms with Gasteiger partial charge in [0.15, 0.2) is 0 Å². The highest BCUT2D eigenvalue weighted by atomic mass is 16.6. The van der Waals surface area contributed by atoms with Crippen molar-refractivity contribution in [1.29, 1.82) is 0 Å². The predicted molar refractivity (Wildman–Crippen MR) is 100 cm³/mol. The fraction of sp³-hybridized carbons (Fsp3) is 0.667. The largest absolute Gasteiger partial charge is 0.496 e. The highest BCUT2D eigenvalue weighted by molar-refractivity contribution is 5.70. The van der Waals surface area contributed by atoms with Gasteiger partial charge in [0, 0.05) is 24.9 Å². The zero-order chi connectivity index (χ0) is 19.3. The molecule has 2 atom stereocenters. The molecule has 2 heterocycles. The number of hydrogen-bond donors (Lipinski definition) is 1. The molecule has 1 aromatic rings. The van der Waals surface area contributed by atoms with Crippen LogP contribution in [0.3, 0.4) is 0 Å². The van der Waals surface area contributed by atoms with Crippen LogP contribution in [0.5, 0.6) is 5.75 Å². The molecule has 0 saturated carbocycles. The summed E-state index contributed by atoms with van der Waals surface area (Å²) in [7, 11) is 1.66. The van der Waals surface area contributed by atoms with Gasteiger partial charge in [-0.15, -0.1) is 0 Å². The summed E-state index contributed by atoms with van der Waals surface area (Å²) in [4.78, 5) is 14.5. The Balaban J connectivity index is 1.86. The van der Waals surface area contributed by atoms with Gasteiger partial charge in [0.25, 0.3) is 0 Å². The van der Waals surface area contributed by atoms with Crippen LogP contribution < -0.4 is 4.74 Å².